The lowest BCUT2D eigenvalue weighted by molar-refractivity contribution is 0.369. The minimum atomic E-state index is 0.273. The van der Waals surface area contributed by atoms with Crippen LogP contribution in [0.2, 0.25) is 0 Å². The van der Waals surface area contributed by atoms with Gasteiger partial charge in [-0.3, -0.25) is 4.98 Å². The first kappa shape index (κ1) is 8.41. The molecule has 0 bridgehead atoms. The van der Waals surface area contributed by atoms with Crippen LogP contribution in [0.25, 0.3) is 0 Å². The van der Waals surface area contributed by atoms with Crippen LogP contribution < -0.4 is 10.1 Å². The summed E-state index contributed by atoms with van der Waals surface area (Å²) in [5.41, 5.74) is 0.907. The summed E-state index contributed by atoms with van der Waals surface area (Å²) in [6.45, 7) is 0.273. The van der Waals surface area contributed by atoms with Gasteiger partial charge in [-0.15, -0.1) is 6.42 Å². The Morgan fingerprint density at radius 2 is 2.50 bits per heavy atom. The van der Waals surface area contributed by atoms with Crippen LogP contribution in [0.5, 0.6) is 5.75 Å². The quantitative estimate of drug-likeness (QED) is 0.676. The van der Waals surface area contributed by atoms with E-state index in [9.17, 15) is 0 Å². The second-order valence-corrected chi connectivity index (χ2v) is 2.15. The molecule has 0 atom stereocenters. The lowest BCUT2D eigenvalue weighted by Crippen LogP contribution is -1.95. The summed E-state index contributed by atoms with van der Waals surface area (Å²) < 4.78 is 5.16. The van der Waals surface area contributed by atoms with E-state index in [1.54, 1.807) is 12.4 Å². The number of nitrogens with one attached hydrogen (secondary N) is 1. The summed E-state index contributed by atoms with van der Waals surface area (Å²) in [5, 5.41) is 2.95. The molecule has 1 rings (SSSR count). The molecule has 0 saturated carbocycles. The highest BCUT2D eigenvalue weighted by Gasteiger charge is 1.93. The van der Waals surface area contributed by atoms with Gasteiger partial charge in [0.1, 0.15) is 12.4 Å². The first-order valence-electron chi connectivity index (χ1n) is 3.56. The van der Waals surface area contributed by atoms with E-state index in [2.05, 4.69) is 16.2 Å². The maximum absolute atomic E-state index is 5.16. The molecule has 1 aromatic heterocycles. The summed E-state index contributed by atoms with van der Waals surface area (Å²) >= 11 is 0. The highest BCUT2D eigenvalue weighted by atomic mass is 16.5. The fourth-order valence-corrected chi connectivity index (χ4v) is 0.759. The highest BCUT2D eigenvalue weighted by Crippen LogP contribution is 2.13. The first-order valence-corrected chi connectivity index (χ1v) is 3.56. The first-order chi connectivity index (χ1) is 5.86. The maximum atomic E-state index is 5.16. The van der Waals surface area contributed by atoms with Crippen molar-refractivity contribution >= 4 is 5.69 Å². The number of nitrogens with zero attached hydrogens (tertiary/aromatic N) is 1. The molecule has 1 heterocycles. The largest absolute Gasteiger partial charge is 0.479 e. The minimum absolute atomic E-state index is 0.273. The van der Waals surface area contributed by atoms with E-state index in [0.717, 1.165) is 5.69 Å². The second kappa shape index (κ2) is 4.24. The second-order valence-electron chi connectivity index (χ2n) is 2.15. The Labute approximate surface area is 71.8 Å². The number of ether oxygens (including phenoxy) is 1. The predicted octanol–water partition coefficient (Wildman–Crippen LogP) is 1.14. The Hall–Kier alpha value is -1.69. The van der Waals surface area contributed by atoms with Gasteiger partial charge in [0.25, 0.3) is 0 Å². The number of hydrogen-bond donors (Lipinski definition) is 1. The zero-order valence-corrected chi connectivity index (χ0v) is 6.87. The lowest BCUT2D eigenvalue weighted by atomic mass is 10.4. The lowest BCUT2D eigenvalue weighted by Gasteiger charge is -2.03. The summed E-state index contributed by atoms with van der Waals surface area (Å²) in [6, 6.07) is 1.84. The number of terminal acetylenes is 1. The van der Waals surface area contributed by atoms with Gasteiger partial charge in [-0.25, -0.2) is 0 Å². The van der Waals surface area contributed by atoms with Gasteiger partial charge in [0.2, 0.25) is 0 Å². The van der Waals surface area contributed by atoms with Gasteiger partial charge in [-0.05, 0) is 0 Å². The zero-order chi connectivity index (χ0) is 8.81. The third kappa shape index (κ3) is 2.17. The van der Waals surface area contributed by atoms with Crippen LogP contribution in [0.4, 0.5) is 5.69 Å². The molecule has 1 N–H and O–H groups in total. The third-order valence-corrected chi connectivity index (χ3v) is 1.32. The fourth-order valence-electron chi connectivity index (χ4n) is 0.759. The van der Waals surface area contributed by atoms with Crippen LogP contribution in [0.15, 0.2) is 18.5 Å². The van der Waals surface area contributed by atoms with Crippen LogP contribution in [-0.2, 0) is 0 Å². The van der Waals surface area contributed by atoms with E-state index in [1.165, 1.54) is 0 Å². The monoisotopic (exact) mass is 162 g/mol. The smallest absolute Gasteiger partial charge is 0.148 e. The van der Waals surface area contributed by atoms with E-state index < -0.39 is 0 Å². The van der Waals surface area contributed by atoms with Crippen LogP contribution in [0, 0.1) is 12.3 Å². The molecule has 0 saturated heterocycles. The van der Waals surface area contributed by atoms with Crippen molar-refractivity contribution in [2.24, 2.45) is 0 Å². The average molecular weight is 162 g/mol. The number of aromatic nitrogens is 1. The van der Waals surface area contributed by atoms with E-state index in [1.807, 2.05) is 13.1 Å². The molecule has 0 aliphatic carbocycles. The fraction of sp³-hybridized carbons (Fsp3) is 0.222. The molecule has 0 radical (unpaired) electrons. The van der Waals surface area contributed by atoms with Crippen molar-refractivity contribution in [3.8, 4) is 18.1 Å². The molecule has 1 aromatic rings. The Balaban J connectivity index is 2.67. The van der Waals surface area contributed by atoms with E-state index >= 15 is 0 Å². The number of anilines is 1. The molecule has 0 aliphatic rings. The topological polar surface area (TPSA) is 34.1 Å². The van der Waals surface area contributed by atoms with Crippen LogP contribution in [-0.4, -0.2) is 18.6 Å². The Morgan fingerprint density at radius 1 is 1.67 bits per heavy atom. The number of rotatable bonds is 3. The van der Waals surface area contributed by atoms with Crippen molar-refractivity contribution in [3.63, 3.8) is 0 Å². The van der Waals surface area contributed by atoms with Crippen molar-refractivity contribution < 1.29 is 4.74 Å². The summed E-state index contributed by atoms with van der Waals surface area (Å²) in [6.07, 6.45) is 8.37. The molecular formula is C9H10N2O. The predicted molar refractivity (Wildman–Crippen MR) is 48.1 cm³/mol. The van der Waals surface area contributed by atoms with Crippen molar-refractivity contribution in [2.75, 3.05) is 19.0 Å². The van der Waals surface area contributed by atoms with Crippen molar-refractivity contribution in [2.45, 2.75) is 0 Å². The molecule has 0 fully saturated rings. The zero-order valence-electron chi connectivity index (χ0n) is 6.87. The standard InChI is InChI=1S/C9H10N2O/c1-3-4-12-9-5-8(10-2)6-11-7-9/h1,5-7,10H,4H2,2H3. The van der Waals surface area contributed by atoms with E-state index in [4.69, 9.17) is 11.2 Å². The molecule has 62 valence electrons. The molecular weight excluding hydrogens is 152 g/mol. The Kier molecular flexibility index (Phi) is 2.97. The maximum Gasteiger partial charge on any atom is 0.148 e. The Morgan fingerprint density at radius 3 is 3.17 bits per heavy atom. The van der Waals surface area contributed by atoms with Gasteiger partial charge in [-0.1, -0.05) is 5.92 Å². The molecule has 0 spiro atoms. The van der Waals surface area contributed by atoms with Crippen molar-refractivity contribution in [1.82, 2.24) is 4.98 Å². The minimum Gasteiger partial charge on any atom is -0.479 e. The third-order valence-electron chi connectivity index (χ3n) is 1.32. The molecule has 0 aromatic carbocycles. The number of hydrogen-bond acceptors (Lipinski definition) is 3. The van der Waals surface area contributed by atoms with E-state index in [0.29, 0.717) is 5.75 Å². The van der Waals surface area contributed by atoms with Gasteiger partial charge in [0, 0.05) is 13.1 Å². The van der Waals surface area contributed by atoms with Crippen molar-refractivity contribution in [3.05, 3.63) is 18.5 Å². The average Bonchev–Trinajstić information content (AvgIpc) is 2.15. The van der Waals surface area contributed by atoms with Crippen LogP contribution >= 0.6 is 0 Å². The van der Waals surface area contributed by atoms with Gasteiger partial charge in [0.05, 0.1) is 18.1 Å². The van der Waals surface area contributed by atoms with Gasteiger partial charge in [-0.2, -0.15) is 0 Å². The van der Waals surface area contributed by atoms with Crippen LogP contribution in [0.3, 0.4) is 0 Å². The summed E-state index contributed by atoms with van der Waals surface area (Å²) in [5.74, 6) is 3.06. The molecule has 0 aliphatic heterocycles. The molecule has 0 amide bonds. The summed E-state index contributed by atoms with van der Waals surface area (Å²) in [4.78, 5) is 3.95. The molecule has 0 unspecified atom stereocenters. The van der Waals surface area contributed by atoms with Crippen molar-refractivity contribution in [1.29, 1.82) is 0 Å². The van der Waals surface area contributed by atoms with Gasteiger partial charge < -0.3 is 10.1 Å². The van der Waals surface area contributed by atoms with E-state index in [-0.39, 0.29) is 6.61 Å². The normalized spacial score (nSPS) is 8.67. The van der Waals surface area contributed by atoms with Gasteiger partial charge in [0.15, 0.2) is 0 Å². The molecule has 12 heavy (non-hydrogen) atoms. The Bertz CT molecular complexity index is 291. The highest BCUT2D eigenvalue weighted by molar-refractivity contribution is 5.44. The summed E-state index contributed by atoms with van der Waals surface area (Å²) in [7, 11) is 1.82. The SMILES string of the molecule is C#CCOc1cncc(NC)c1. The number of pyridine rings is 1. The molecule has 3 heteroatoms. The van der Waals surface area contributed by atoms with Crippen LogP contribution in [0.1, 0.15) is 0 Å². The molecule has 3 nitrogen and oxygen atoms in total. The van der Waals surface area contributed by atoms with Gasteiger partial charge >= 0.3 is 0 Å².